The van der Waals surface area contributed by atoms with E-state index in [4.69, 9.17) is 4.74 Å². The summed E-state index contributed by atoms with van der Waals surface area (Å²) in [4.78, 5) is 23.8. The van der Waals surface area contributed by atoms with Crippen LogP contribution in [0.5, 0.6) is 5.75 Å². The number of hydrogen-bond acceptors (Lipinski definition) is 6. The van der Waals surface area contributed by atoms with Gasteiger partial charge in [-0.3, -0.25) is 9.59 Å². The molecule has 0 bridgehead atoms. The number of nitrogens with zero attached hydrogens (tertiary/aromatic N) is 1. The number of hydrogen-bond donors (Lipinski definition) is 3. The molecule has 0 aromatic heterocycles. The lowest BCUT2D eigenvalue weighted by Crippen LogP contribution is -2.49. The summed E-state index contributed by atoms with van der Waals surface area (Å²) >= 11 is 0. The van der Waals surface area contributed by atoms with Gasteiger partial charge < -0.3 is 20.7 Å². The third kappa shape index (κ3) is 5.49. The lowest BCUT2D eigenvalue weighted by Gasteiger charge is -2.26. The molecule has 1 saturated heterocycles. The van der Waals surface area contributed by atoms with Crippen molar-refractivity contribution in [3.63, 3.8) is 0 Å². The standard InChI is InChI=1S/C20H24N4O5S/c1-2-29-17-8-6-15(7-9-17)23-19(25)13-22-16-4-3-5-18(12-16)30(27,28)24-11-10-21-20(26)14-24/h3-9,12,22H,2,10-11,13-14H2,1H3,(H,21,26)(H,23,25). The zero-order valence-corrected chi connectivity index (χ0v) is 17.4. The lowest BCUT2D eigenvalue weighted by molar-refractivity contribution is -0.122. The van der Waals surface area contributed by atoms with Crippen LogP contribution in [0.15, 0.2) is 53.4 Å². The van der Waals surface area contributed by atoms with Crippen LogP contribution in [0.25, 0.3) is 0 Å². The summed E-state index contributed by atoms with van der Waals surface area (Å²) in [5.41, 5.74) is 1.12. The van der Waals surface area contributed by atoms with Crippen molar-refractivity contribution in [1.29, 1.82) is 0 Å². The largest absolute Gasteiger partial charge is 0.494 e. The number of carbonyl (C=O) groups is 2. The minimum Gasteiger partial charge on any atom is -0.494 e. The average Bonchev–Trinajstić information content (AvgIpc) is 2.74. The molecule has 0 spiro atoms. The molecular weight excluding hydrogens is 408 g/mol. The maximum absolute atomic E-state index is 12.8. The molecule has 0 atom stereocenters. The normalized spacial score (nSPS) is 14.6. The molecular formula is C20H24N4O5S. The van der Waals surface area contributed by atoms with Crippen LogP contribution in [-0.2, 0) is 19.6 Å². The number of rotatable bonds is 8. The molecule has 1 fully saturated rings. The molecule has 0 aliphatic carbocycles. The molecule has 9 nitrogen and oxygen atoms in total. The number of nitrogens with one attached hydrogen (secondary N) is 3. The van der Waals surface area contributed by atoms with Crippen molar-refractivity contribution in [3.8, 4) is 5.75 Å². The molecule has 30 heavy (non-hydrogen) atoms. The van der Waals surface area contributed by atoms with Gasteiger partial charge in [0.25, 0.3) is 0 Å². The van der Waals surface area contributed by atoms with Gasteiger partial charge in [-0.2, -0.15) is 4.31 Å². The highest BCUT2D eigenvalue weighted by Gasteiger charge is 2.29. The fourth-order valence-electron chi connectivity index (χ4n) is 2.92. The highest BCUT2D eigenvalue weighted by atomic mass is 32.2. The number of sulfonamides is 1. The fraction of sp³-hybridized carbons (Fsp3) is 0.300. The van der Waals surface area contributed by atoms with Gasteiger partial charge in [-0.1, -0.05) is 6.07 Å². The van der Waals surface area contributed by atoms with E-state index in [1.54, 1.807) is 36.4 Å². The van der Waals surface area contributed by atoms with Crippen LogP contribution in [0.3, 0.4) is 0 Å². The van der Waals surface area contributed by atoms with Crippen LogP contribution in [-0.4, -0.2) is 57.3 Å². The minimum atomic E-state index is -3.79. The second-order valence-electron chi connectivity index (χ2n) is 6.58. The summed E-state index contributed by atoms with van der Waals surface area (Å²) in [6, 6.07) is 13.2. The molecule has 160 valence electrons. The zero-order chi connectivity index (χ0) is 21.6. The van der Waals surface area contributed by atoms with Crippen molar-refractivity contribution >= 4 is 33.2 Å². The Hall–Kier alpha value is -3.11. The fourth-order valence-corrected chi connectivity index (χ4v) is 4.37. The predicted octanol–water partition coefficient (Wildman–Crippen LogP) is 1.26. The molecule has 2 aromatic rings. The molecule has 3 rings (SSSR count). The van der Waals surface area contributed by atoms with E-state index < -0.39 is 10.0 Å². The second-order valence-corrected chi connectivity index (χ2v) is 8.51. The van der Waals surface area contributed by atoms with Crippen LogP contribution >= 0.6 is 0 Å². The summed E-state index contributed by atoms with van der Waals surface area (Å²) in [5.74, 6) is 0.114. The molecule has 2 amide bonds. The Morgan fingerprint density at radius 3 is 2.63 bits per heavy atom. The number of benzene rings is 2. The Balaban J connectivity index is 1.59. The topological polar surface area (TPSA) is 117 Å². The van der Waals surface area contributed by atoms with Gasteiger partial charge in [-0.25, -0.2) is 8.42 Å². The molecule has 3 N–H and O–H groups in total. The summed E-state index contributed by atoms with van der Waals surface area (Å²) in [5, 5.41) is 8.28. The van der Waals surface area contributed by atoms with Gasteiger partial charge in [0.2, 0.25) is 21.8 Å². The average molecular weight is 433 g/mol. The van der Waals surface area contributed by atoms with Crippen LogP contribution in [0, 0.1) is 0 Å². The first-order valence-corrected chi connectivity index (χ1v) is 11.0. The SMILES string of the molecule is CCOc1ccc(NC(=O)CNc2cccc(S(=O)(=O)N3CCNC(=O)C3)c2)cc1. The zero-order valence-electron chi connectivity index (χ0n) is 16.6. The third-order valence-electron chi connectivity index (χ3n) is 4.38. The van der Waals surface area contributed by atoms with E-state index in [0.717, 1.165) is 10.1 Å². The molecule has 0 saturated carbocycles. The van der Waals surface area contributed by atoms with Crippen LogP contribution in [0.1, 0.15) is 6.92 Å². The van der Waals surface area contributed by atoms with Crippen LogP contribution < -0.4 is 20.7 Å². The van der Waals surface area contributed by atoms with Gasteiger partial charge in [0.05, 0.1) is 24.6 Å². The molecule has 10 heteroatoms. The molecule has 1 heterocycles. The van der Waals surface area contributed by atoms with Crippen molar-refractivity contribution < 1.29 is 22.7 Å². The molecule has 2 aromatic carbocycles. The number of amides is 2. The van der Waals surface area contributed by atoms with Crippen molar-refractivity contribution in [3.05, 3.63) is 48.5 Å². The molecule has 1 aliphatic heterocycles. The van der Waals surface area contributed by atoms with Gasteiger partial charge in [0.15, 0.2) is 0 Å². The van der Waals surface area contributed by atoms with E-state index in [1.807, 2.05) is 6.92 Å². The second kappa shape index (κ2) is 9.59. The number of anilines is 2. The Morgan fingerprint density at radius 2 is 1.93 bits per heavy atom. The first-order chi connectivity index (χ1) is 14.4. The minimum absolute atomic E-state index is 0.0389. The molecule has 1 aliphatic rings. The van der Waals surface area contributed by atoms with Gasteiger partial charge in [-0.05, 0) is 49.4 Å². The number of carbonyl (C=O) groups excluding carboxylic acids is 2. The maximum atomic E-state index is 12.8. The van der Waals surface area contributed by atoms with Gasteiger partial charge in [0, 0.05) is 24.5 Å². The van der Waals surface area contributed by atoms with Crippen LogP contribution in [0.2, 0.25) is 0 Å². The number of ether oxygens (including phenoxy) is 1. The summed E-state index contributed by atoms with van der Waals surface area (Å²) < 4.78 is 32.0. The van der Waals surface area contributed by atoms with Crippen molar-refractivity contribution in [2.75, 3.05) is 43.4 Å². The smallest absolute Gasteiger partial charge is 0.243 e. The monoisotopic (exact) mass is 432 g/mol. The summed E-state index contributed by atoms with van der Waals surface area (Å²) in [6.45, 7) is 2.71. The first kappa shape index (κ1) is 21.6. The van der Waals surface area contributed by atoms with E-state index in [2.05, 4.69) is 16.0 Å². The van der Waals surface area contributed by atoms with Gasteiger partial charge >= 0.3 is 0 Å². The quantitative estimate of drug-likeness (QED) is 0.578. The summed E-state index contributed by atoms with van der Waals surface area (Å²) in [6.07, 6.45) is 0. The lowest BCUT2D eigenvalue weighted by atomic mass is 10.3. The summed E-state index contributed by atoms with van der Waals surface area (Å²) in [7, 11) is -3.79. The number of piperazine rings is 1. The Kier molecular flexibility index (Phi) is 6.91. The molecule has 0 radical (unpaired) electrons. The van der Waals surface area contributed by atoms with E-state index in [0.29, 0.717) is 18.0 Å². The van der Waals surface area contributed by atoms with E-state index >= 15 is 0 Å². The Morgan fingerprint density at radius 1 is 1.17 bits per heavy atom. The van der Waals surface area contributed by atoms with Gasteiger partial charge in [-0.15, -0.1) is 0 Å². The van der Waals surface area contributed by atoms with E-state index in [-0.39, 0.29) is 42.9 Å². The van der Waals surface area contributed by atoms with Crippen molar-refractivity contribution in [1.82, 2.24) is 9.62 Å². The van der Waals surface area contributed by atoms with E-state index in [1.165, 1.54) is 12.1 Å². The van der Waals surface area contributed by atoms with Crippen molar-refractivity contribution in [2.45, 2.75) is 11.8 Å². The van der Waals surface area contributed by atoms with E-state index in [9.17, 15) is 18.0 Å². The Labute approximate surface area is 175 Å². The third-order valence-corrected chi connectivity index (χ3v) is 6.22. The highest BCUT2D eigenvalue weighted by Crippen LogP contribution is 2.20. The molecule has 0 unspecified atom stereocenters. The highest BCUT2D eigenvalue weighted by molar-refractivity contribution is 7.89. The predicted molar refractivity (Wildman–Crippen MR) is 113 cm³/mol. The van der Waals surface area contributed by atoms with Gasteiger partial charge in [0.1, 0.15) is 5.75 Å². The first-order valence-electron chi connectivity index (χ1n) is 9.52. The maximum Gasteiger partial charge on any atom is 0.243 e. The van der Waals surface area contributed by atoms with Crippen molar-refractivity contribution in [2.24, 2.45) is 0 Å². The Bertz CT molecular complexity index is 1010. The van der Waals surface area contributed by atoms with Crippen LogP contribution in [0.4, 0.5) is 11.4 Å².